The number of para-hydroxylation sites is 1. The lowest BCUT2D eigenvalue weighted by Crippen LogP contribution is -2.60. The summed E-state index contributed by atoms with van der Waals surface area (Å²) >= 11 is 0. The van der Waals surface area contributed by atoms with Crippen molar-refractivity contribution >= 4 is 28.8 Å². The fourth-order valence-corrected chi connectivity index (χ4v) is 5.46. The van der Waals surface area contributed by atoms with Crippen LogP contribution < -0.4 is 30.7 Å². The van der Waals surface area contributed by atoms with E-state index in [4.69, 9.17) is 30.1 Å². The van der Waals surface area contributed by atoms with Gasteiger partial charge in [-0.1, -0.05) is 24.3 Å². The van der Waals surface area contributed by atoms with Gasteiger partial charge in [0.2, 0.25) is 6.29 Å². The zero-order chi connectivity index (χ0) is 33.5. The van der Waals surface area contributed by atoms with Crippen molar-refractivity contribution in [3.8, 4) is 11.5 Å². The van der Waals surface area contributed by atoms with Gasteiger partial charge >= 0.3 is 0 Å². The third-order valence-electron chi connectivity index (χ3n) is 7.96. The Morgan fingerprint density at radius 3 is 2.43 bits per heavy atom. The molecule has 47 heavy (non-hydrogen) atoms. The summed E-state index contributed by atoms with van der Waals surface area (Å²) in [7, 11) is 0. The second kappa shape index (κ2) is 15.4. The molecule has 252 valence electrons. The van der Waals surface area contributed by atoms with Gasteiger partial charge in [-0.2, -0.15) is 0 Å². The minimum absolute atomic E-state index is 0.0247. The van der Waals surface area contributed by atoms with Crippen molar-refractivity contribution in [1.82, 2.24) is 0 Å². The first-order valence-corrected chi connectivity index (χ1v) is 15.4. The lowest BCUT2D eigenvalue weighted by Gasteiger charge is -2.40. The summed E-state index contributed by atoms with van der Waals surface area (Å²) in [6.07, 6.45) is -7.72. The SMILES string of the molecule is CCOc1cccc(C(Nc2cccc(C(=N)N)c2)C(=O)Nc2ccc(N3CCOCC3)cc2)c1OC1OC(CO)C(O)C(O)C1O. The van der Waals surface area contributed by atoms with Crippen LogP contribution in [0.25, 0.3) is 0 Å². The van der Waals surface area contributed by atoms with E-state index in [1.54, 1.807) is 61.5 Å². The number of nitrogens with zero attached hydrogens (tertiary/aromatic N) is 1. The molecule has 0 bridgehead atoms. The molecule has 9 N–H and O–H groups in total. The molecule has 0 aromatic heterocycles. The lowest BCUT2D eigenvalue weighted by molar-refractivity contribution is -0.277. The van der Waals surface area contributed by atoms with E-state index in [1.165, 1.54) is 0 Å². The molecule has 6 atom stereocenters. The molecule has 0 aliphatic carbocycles. The Morgan fingerprint density at radius 1 is 1.02 bits per heavy atom. The normalized spacial score (nSPS) is 23.4. The molecule has 2 heterocycles. The van der Waals surface area contributed by atoms with Crippen LogP contribution in [0.1, 0.15) is 24.1 Å². The molecule has 2 saturated heterocycles. The fourth-order valence-electron chi connectivity index (χ4n) is 5.46. The molecule has 0 spiro atoms. The second-order valence-electron chi connectivity index (χ2n) is 11.1. The van der Waals surface area contributed by atoms with E-state index in [0.29, 0.717) is 30.2 Å². The summed E-state index contributed by atoms with van der Waals surface area (Å²) in [5.74, 6) is -0.393. The maximum Gasteiger partial charge on any atom is 0.251 e. The number of nitrogen functional groups attached to an aromatic ring is 1. The van der Waals surface area contributed by atoms with Gasteiger partial charge in [0.15, 0.2) is 11.5 Å². The third-order valence-corrected chi connectivity index (χ3v) is 7.96. The minimum Gasteiger partial charge on any atom is -0.490 e. The molecule has 2 aliphatic heterocycles. The monoisotopic (exact) mass is 651 g/mol. The summed E-state index contributed by atoms with van der Waals surface area (Å²) < 4.78 is 23.0. The summed E-state index contributed by atoms with van der Waals surface area (Å²) in [6, 6.07) is 17.9. The first-order valence-electron chi connectivity index (χ1n) is 15.4. The van der Waals surface area contributed by atoms with E-state index in [9.17, 15) is 25.2 Å². The molecule has 14 nitrogen and oxygen atoms in total. The van der Waals surface area contributed by atoms with Gasteiger partial charge in [-0.25, -0.2) is 0 Å². The third kappa shape index (κ3) is 7.93. The highest BCUT2D eigenvalue weighted by Crippen LogP contribution is 2.39. The van der Waals surface area contributed by atoms with Gasteiger partial charge in [0.1, 0.15) is 36.3 Å². The smallest absolute Gasteiger partial charge is 0.251 e. The number of ether oxygens (including phenoxy) is 4. The molecule has 0 saturated carbocycles. The number of nitrogens with one attached hydrogen (secondary N) is 3. The molecule has 5 rings (SSSR count). The molecular weight excluding hydrogens is 610 g/mol. The van der Waals surface area contributed by atoms with Crippen LogP contribution in [-0.4, -0.2) is 102 Å². The Kier molecular flexibility index (Phi) is 11.1. The van der Waals surface area contributed by atoms with Gasteiger partial charge in [-0.3, -0.25) is 10.2 Å². The first kappa shape index (κ1) is 33.9. The number of rotatable bonds is 12. The van der Waals surface area contributed by atoms with Crippen LogP contribution in [0.2, 0.25) is 0 Å². The Labute approximate surface area is 272 Å². The molecule has 14 heteroatoms. The number of benzene rings is 3. The van der Waals surface area contributed by atoms with E-state index >= 15 is 0 Å². The van der Waals surface area contributed by atoms with Crippen molar-refractivity contribution in [2.75, 3.05) is 55.1 Å². The average molecular weight is 652 g/mol. The van der Waals surface area contributed by atoms with Gasteiger partial charge in [0.25, 0.3) is 5.91 Å². The summed E-state index contributed by atoms with van der Waals surface area (Å²) in [5.41, 5.74) is 8.46. The predicted octanol–water partition coefficient (Wildman–Crippen LogP) is 1.18. The van der Waals surface area contributed by atoms with Crippen molar-refractivity contribution < 1.29 is 44.2 Å². The van der Waals surface area contributed by atoms with Gasteiger partial charge < -0.3 is 60.6 Å². The lowest BCUT2D eigenvalue weighted by atomic mass is 9.99. The minimum atomic E-state index is -1.70. The highest BCUT2D eigenvalue weighted by Gasteiger charge is 2.45. The zero-order valence-corrected chi connectivity index (χ0v) is 25.9. The van der Waals surface area contributed by atoms with E-state index in [-0.39, 0.29) is 29.5 Å². The summed E-state index contributed by atoms with van der Waals surface area (Å²) in [6.45, 7) is 4.18. The number of anilines is 3. The standard InChI is InChI=1S/C33H41N5O9/c1-2-45-24-8-4-7-23(30(24)47-33-29(42)28(41)27(40)25(18-39)46-33)26(36-21-6-3-5-19(17-21)31(34)35)32(43)37-20-9-11-22(12-10-20)38-13-15-44-16-14-38/h3-12,17,25-29,33,36,39-42H,2,13-16,18H2,1H3,(H3,34,35)(H,37,43). The number of nitrogens with two attached hydrogens (primary N) is 1. The molecule has 1 amide bonds. The molecule has 6 unspecified atom stereocenters. The van der Waals surface area contributed by atoms with E-state index in [2.05, 4.69) is 15.5 Å². The topological polar surface area (TPSA) is 212 Å². The average Bonchev–Trinajstić information content (AvgIpc) is 3.09. The van der Waals surface area contributed by atoms with Crippen LogP contribution in [0.5, 0.6) is 11.5 Å². The number of aliphatic hydroxyl groups excluding tert-OH is 4. The van der Waals surface area contributed by atoms with Gasteiger partial charge in [0.05, 0.1) is 26.4 Å². The van der Waals surface area contributed by atoms with Crippen LogP contribution >= 0.6 is 0 Å². The van der Waals surface area contributed by atoms with Crippen LogP contribution in [-0.2, 0) is 14.3 Å². The summed E-state index contributed by atoms with van der Waals surface area (Å²) in [5, 5.41) is 55.2. The fraction of sp³-hybridized carbons (Fsp3) is 0.394. The number of aliphatic hydroxyl groups is 4. The van der Waals surface area contributed by atoms with Gasteiger partial charge in [-0.05, 0) is 49.4 Å². The number of amidine groups is 1. The molecule has 0 radical (unpaired) electrons. The molecule has 2 fully saturated rings. The highest BCUT2D eigenvalue weighted by atomic mass is 16.7. The number of carbonyl (C=O) groups excluding carboxylic acids is 1. The van der Waals surface area contributed by atoms with Crippen molar-refractivity contribution in [2.45, 2.75) is 43.7 Å². The first-order chi connectivity index (χ1) is 22.7. The van der Waals surface area contributed by atoms with Crippen molar-refractivity contribution in [2.24, 2.45) is 5.73 Å². The van der Waals surface area contributed by atoms with Crippen LogP contribution in [0.3, 0.4) is 0 Å². The predicted molar refractivity (Wildman–Crippen MR) is 174 cm³/mol. The van der Waals surface area contributed by atoms with E-state index < -0.39 is 49.3 Å². The van der Waals surface area contributed by atoms with Crippen molar-refractivity contribution in [3.63, 3.8) is 0 Å². The van der Waals surface area contributed by atoms with Gasteiger partial charge in [0, 0.05) is 41.3 Å². The number of hydrogen-bond donors (Lipinski definition) is 8. The Morgan fingerprint density at radius 2 is 1.74 bits per heavy atom. The highest BCUT2D eigenvalue weighted by molar-refractivity contribution is 5.99. The quantitative estimate of drug-likeness (QED) is 0.102. The van der Waals surface area contributed by atoms with Crippen LogP contribution in [0, 0.1) is 5.41 Å². The van der Waals surface area contributed by atoms with E-state index in [0.717, 1.165) is 18.8 Å². The second-order valence-corrected chi connectivity index (χ2v) is 11.1. The van der Waals surface area contributed by atoms with Crippen molar-refractivity contribution in [1.29, 1.82) is 5.41 Å². The Hall–Kier alpha value is -4.44. The largest absolute Gasteiger partial charge is 0.490 e. The maximum atomic E-state index is 14.1. The Balaban J connectivity index is 1.50. The van der Waals surface area contributed by atoms with Gasteiger partial charge in [-0.15, -0.1) is 0 Å². The number of hydrogen-bond acceptors (Lipinski definition) is 12. The summed E-state index contributed by atoms with van der Waals surface area (Å²) in [4.78, 5) is 16.3. The van der Waals surface area contributed by atoms with Crippen LogP contribution in [0.15, 0.2) is 66.7 Å². The molecular formula is C33H41N5O9. The van der Waals surface area contributed by atoms with Crippen molar-refractivity contribution in [3.05, 3.63) is 77.9 Å². The number of morpholine rings is 1. The van der Waals surface area contributed by atoms with E-state index in [1.807, 2.05) is 12.1 Å². The molecule has 3 aromatic rings. The Bertz CT molecular complexity index is 1520. The maximum absolute atomic E-state index is 14.1. The molecule has 2 aliphatic rings. The molecule has 3 aromatic carbocycles. The number of amides is 1. The zero-order valence-electron chi connectivity index (χ0n) is 25.9. The van der Waals surface area contributed by atoms with Crippen LogP contribution in [0.4, 0.5) is 17.1 Å². The number of carbonyl (C=O) groups is 1.